The summed E-state index contributed by atoms with van der Waals surface area (Å²) in [7, 11) is 0. The zero-order valence-electron chi connectivity index (χ0n) is 12.2. The summed E-state index contributed by atoms with van der Waals surface area (Å²) in [5.74, 6) is -1.54. The molecule has 0 saturated carbocycles. The lowest BCUT2D eigenvalue weighted by atomic mass is 10.2. The van der Waals surface area contributed by atoms with Gasteiger partial charge in [0.25, 0.3) is 0 Å². The molecule has 122 valence electrons. The Morgan fingerprint density at radius 3 is 2.65 bits per heavy atom. The van der Waals surface area contributed by atoms with Crippen LogP contribution in [0.1, 0.15) is 6.92 Å². The number of nitrogens with zero attached hydrogens (tertiary/aromatic N) is 1. The van der Waals surface area contributed by atoms with Gasteiger partial charge >= 0.3 is 11.9 Å². The molecule has 0 saturated heterocycles. The molecule has 1 aromatic carbocycles. The van der Waals surface area contributed by atoms with Gasteiger partial charge in [-0.1, -0.05) is 29.8 Å². The van der Waals surface area contributed by atoms with E-state index in [0.717, 1.165) is 0 Å². The fourth-order valence-corrected chi connectivity index (χ4v) is 1.90. The van der Waals surface area contributed by atoms with Gasteiger partial charge in [-0.25, -0.2) is 9.59 Å². The van der Waals surface area contributed by atoms with Crippen LogP contribution in [0.15, 0.2) is 30.4 Å². The van der Waals surface area contributed by atoms with Gasteiger partial charge in [0.1, 0.15) is 5.75 Å². The Morgan fingerprint density at radius 2 is 2.09 bits per heavy atom. The second kappa shape index (κ2) is 9.03. The Balaban J connectivity index is 2.67. The summed E-state index contributed by atoms with van der Waals surface area (Å²) < 4.78 is 14.8. The number of carbonyl (C=O) groups is 2. The molecular weight excluding hydrogens is 345 g/mol. The summed E-state index contributed by atoms with van der Waals surface area (Å²) in [6.45, 7) is 4.49. The van der Waals surface area contributed by atoms with Crippen LogP contribution >= 0.6 is 23.2 Å². The summed E-state index contributed by atoms with van der Waals surface area (Å²) in [6.07, 6.45) is -1.50. The minimum atomic E-state index is -1.50. The molecule has 0 aliphatic heterocycles. The van der Waals surface area contributed by atoms with Gasteiger partial charge in [0.05, 0.1) is 23.3 Å². The SMILES string of the molecule is C=C(C#N)C(OC(=O)COc1ccc(Cl)cc1Cl)C(=O)OCC. The molecule has 1 rings (SSSR count). The van der Waals surface area contributed by atoms with Crippen molar-refractivity contribution in [3.63, 3.8) is 0 Å². The van der Waals surface area contributed by atoms with E-state index < -0.39 is 24.6 Å². The number of hydrogen-bond acceptors (Lipinski definition) is 6. The molecule has 1 unspecified atom stereocenters. The highest BCUT2D eigenvalue weighted by atomic mass is 35.5. The van der Waals surface area contributed by atoms with Crippen LogP contribution in [0.3, 0.4) is 0 Å². The number of hydrogen-bond donors (Lipinski definition) is 0. The van der Waals surface area contributed by atoms with Crippen LogP contribution in [-0.2, 0) is 19.1 Å². The Kier molecular flexibility index (Phi) is 7.39. The van der Waals surface area contributed by atoms with Crippen LogP contribution < -0.4 is 4.74 Å². The smallest absolute Gasteiger partial charge is 0.352 e. The van der Waals surface area contributed by atoms with Crippen molar-refractivity contribution in [1.82, 2.24) is 0 Å². The predicted octanol–water partition coefficient (Wildman–Crippen LogP) is 2.93. The first-order valence-electron chi connectivity index (χ1n) is 6.41. The summed E-state index contributed by atoms with van der Waals surface area (Å²) in [5, 5.41) is 9.43. The van der Waals surface area contributed by atoms with E-state index >= 15 is 0 Å². The molecule has 0 radical (unpaired) electrons. The minimum absolute atomic E-state index is 0.0719. The molecule has 0 aliphatic carbocycles. The van der Waals surface area contributed by atoms with E-state index in [1.54, 1.807) is 13.0 Å². The predicted molar refractivity (Wildman–Crippen MR) is 83.2 cm³/mol. The maximum absolute atomic E-state index is 11.8. The number of carbonyl (C=O) groups excluding carboxylic acids is 2. The molecule has 1 atom stereocenters. The number of rotatable bonds is 7. The number of ether oxygens (including phenoxy) is 3. The lowest BCUT2D eigenvalue weighted by molar-refractivity contribution is -0.165. The van der Waals surface area contributed by atoms with Gasteiger partial charge in [-0.3, -0.25) is 0 Å². The summed E-state index contributed by atoms with van der Waals surface area (Å²) >= 11 is 11.6. The number of halogens is 2. The molecule has 0 amide bonds. The van der Waals surface area contributed by atoms with Crippen molar-refractivity contribution < 1.29 is 23.8 Å². The first-order chi connectivity index (χ1) is 10.9. The van der Waals surface area contributed by atoms with Crippen molar-refractivity contribution in [3.8, 4) is 11.8 Å². The van der Waals surface area contributed by atoms with E-state index in [0.29, 0.717) is 5.02 Å². The molecular formula is C15H13Cl2NO5. The Morgan fingerprint density at radius 1 is 1.39 bits per heavy atom. The van der Waals surface area contributed by atoms with E-state index in [1.807, 2.05) is 0 Å². The van der Waals surface area contributed by atoms with E-state index in [1.165, 1.54) is 18.2 Å². The molecule has 0 spiro atoms. The molecule has 0 fully saturated rings. The van der Waals surface area contributed by atoms with Crippen molar-refractivity contribution in [2.75, 3.05) is 13.2 Å². The highest BCUT2D eigenvalue weighted by Crippen LogP contribution is 2.27. The fraction of sp³-hybridized carbons (Fsp3) is 0.267. The van der Waals surface area contributed by atoms with Crippen LogP contribution in [0, 0.1) is 11.3 Å². The van der Waals surface area contributed by atoms with Crippen LogP contribution in [-0.4, -0.2) is 31.3 Å². The third-order valence-corrected chi connectivity index (χ3v) is 2.98. The van der Waals surface area contributed by atoms with Crippen molar-refractivity contribution in [2.45, 2.75) is 13.0 Å². The molecule has 1 aromatic rings. The van der Waals surface area contributed by atoms with Gasteiger partial charge in [-0.15, -0.1) is 0 Å². The second-order valence-corrected chi connectivity index (χ2v) is 4.97. The molecule has 6 nitrogen and oxygen atoms in total. The molecule has 0 aliphatic rings. The lowest BCUT2D eigenvalue weighted by Crippen LogP contribution is -2.32. The van der Waals surface area contributed by atoms with Gasteiger partial charge in [-0.2, -0.15) is 5.26 Å². The third kappa shape index (κ3) is 5.81. The molecule has 0 N–H and O–H groups in total. The molecule has 0 aromatic heterocycles. The average Bonchev–Trinajstić information content (AvgIpc) is 2.51. The van der Waals surface area contributed by atoms with Crippen molar-refractivity contribution >= 4 is 35.1 Å². The first kappa shape index (κ1) is 18.8. The van der Waals surface area contributed by atoms with E-state index in [4.69, 9.17) is 42.7 Å². The number of esters is 2. The lowest BCUT2D eigenvalue weighted by Gasteiger charge is -2.15. The minimum Gasteiger partial charge on any atom is -0.480 e. The monoisotopic (exact) mass is 357 g/mol. The largest absolute Gasteiger partial charge is 0.480 e. The van der Waals surface area contributed by atoms with Gasteiger partial charge in [0, 0.05) is 5.02 Å². The summed E-state index contributed by atoms with van der Waals surface area (Å²) in [5.41, 5.74) is -0.249. The molecule has 23 heavy (non-hydrogen) atoms. The van der Waals surface area contributed by atoms with Crippen molar-refractivity contribution in [1.29, 1.82) is 5.26 Å². The highest BCUT2D eigenvalue weighted by Gasteiger charge is 2.27. The highest BCUT2D eigenvalue weighted by molar-refractivity contribution is 6.35. The van der Waals surface area contributed by atoms with Crippen LogP contribution in [0.5, 0.6) is 5.75 Å². The Labute approximate surface area is 143 Å². The van der Waals surface area contributed by atoms with E-state index in [-0.39, 0.29) is 23.0 Å². The zero-order chi connectivity index (χ0) is 17.4. The topological polar surface area (TPSA) is 85.6 Å². The standard InChI is InChI=1S/C15H13Cl2NO5/c1-3-21-15(20)14(9(2)7-18)23-13(19)8-22-12-5-4-10(16)6-11(12)17/h4-6,14H,2-3,8H2,1H3. The normalized spacial score (nSPS) is 11.0. The van der Waals surface area contributed by atoms with Crippen LogP contribution in [0.25, 0.3) is 0 Å². The van der Waals surface area contributed by atoms with E-state index in [2.05, 4.69) is 6.58 Å². The molecule has 8 heteroatoms. The summed E-state index contributed by atoms with van der Waals surface area (Å²) in [6, 6.07) is 6.11. The van der Waals surface area contributed by atoms with E-state index in [9.17, 15) is 9.59 Å². The Hall–Kier alpha value is -2.23. The van der Waals surface area contributed by atoms with Gasteiger partial charge in [0.15, 0.2) is 6.61 Å². The summed E-state index contributed by atoms with van der Waals surface area (Å²) in [4.78, 5) is 23.4. The first-order valence-corrected chi connectivity index (χ1v) is 7.17. The van der Waals surface area contributed by atoms with Gasteiger partial charge in [-0.05, 0) is 25.1 Å². The van der Waals surface area contributed by atoms with Crippen molar-refractivity contribution in [2.24, 2.45) is 0 Å². The van der Waals surface area contributed by atoms with Crippen LogP contribution in [0.4, 0.5) is 0 Å². The number of benzene rings is 1. The van der Waals surface area contributed by atoms with Gasteiger partial charge in [0.2, 0.25) is 6.10 Å². The second-order valence-electron chi connectivity index (χ2n) is 4.12. The average molecular weight is 358 g/mol. The van der Waals surface area contributed by atoms with Gasteiger partial charge < -0.3 is 14.2 Å². The molecule has 0 heterocycles. The Bertz CT molecular complexity index is 654. The maximum Gasteiger partial charge on any atom is 0.352 e. The fourth-order valence-electron chi connectivity index (χ4n) is 1.43. The quantitative estimate of drug-likeness (QED) is 0.550. The third-order valence-electron chi connectivity index (χ3n) is 2.45. The van der Waals surface area contributed by atoms with Crippen molar-refractivity contribution in [3.05, 3.63) is 40.4 Å². The zero-order valence-corrected chi connectivity index (χ0v) is 13.7. The maximum atomic E-state index is 11.8. The van der Waals surface area contributed by atoms with Crippen LogP contribution in [0.2, 0.25) is 10.0 Å². The molecule has 0 bridgehead atoms. The number of nitriles is 1.